The SMILES string of the molecule is COCCNC(=O)CCN1C(=O)[C@H](C)Oc2ccc(C)cc21. The van der Waals surface area contributed by atoms with Crippen LogP contribution in [0.15, 0.2) is 18.2 Å². The molecule has 0 bridgehead atoms. The van der Waals surface area contributed by atoms with Gasteiger partial charge in [-0.1, -0.05) is 6.07 Å². The highest BCUT2D eigenvalue weighted by Crippen LogP contribution is 2.34. The van der Waals surface area contributed by atoms with Gasteiger partial charge in [0.1, 0.15) is 5.75 Å². The number of fused-ring (bicyclic) bond motifs is 1. The van der Waals surface area contributed by atoms with Gasteiger partial charge in [-0.05, 0) is 31.5 Å². The molecule has 1 N–H and O–H groups in total. The number of nitrogens with one attached hydrogen (secondary N) is 1. The van der Waals surface area contributed by atoms with Gasteiger partial charge in [-0.25, -0.2) is 0 Å². The molecule has 22 heavy (non-hydrogen) atoms. The van der Waals surface area contributed by atoms with E-state index >= 15 is 0 Å². The molecule has 0 spiro atoms. The molecule has 6 heteroatoms. The lowest BCUT2D eigenvalue weighted by Crippen LogP contribution is -2.46. The Hall–Kier alpha value is -2.08. The fourth-order valence-corrected chi connectivity index (χ4v) is 2.34. The van der Waals surface area contributed by atoms with Crippen molar-refractivity contribution in [1.82, 2.24) is 5.32 Å². The quantitative estimate of drug-likeness (QED) is 0.804. The lowest BCUT2D eigenvalue weighted by Gasteiger charge is -2.33. The lowest BCUT2D eigenvalue weighted by molar-refractivity contribution is -0.125. The van der Waals surface area contributed by atoms with E-state index in [0.29, 0.717) is 25.4 Å². The van der Waals surface area contributed by atoms with Crippen LogP contribution >= 0.6 is 0 Å². The fraction of sp³-hybridized carbons (Fsp3) is 0.500. The van der Waals surface area contributed by atoms with Crippen molar-refractivity contribution in [3.8, 4) is 5.75 Å². The molecule has 1 aromatic rings. The number of ether oxygens (including phenoxy) is 2. The van der Waals surface area contributed by atoms with E-state index < -0.39 is 6.10 Å². The monoisotopic (exact) mass is 306 g/mol. The van der Waals surface area contributed by atoms with Gasteiger partial charge < -0.3 is 19.7 Å². The van der Waals surface area contributed by atoms with Crippen LogP contribution < -0.4 is 15.0 Å². The second kappa shape index (κ2) is 7.26. The third kappa shape index (κ3) is 3.76. The molecule has 1 aromatic carbocycles. The number of anilines is 1. The summed E-state index contributed by atoms with van der Waals surface area (Å²) in [7, 11) is 1.58. The molecule has 0 saturated heterocycles. The average Bonchev–Trinajstić information content (AvgIpc) is 2.49. The second-order valence-electron chi connectivity index (χ2n) is 5.31. The molecule has 120 valence electrons. The molecule has 1 aliphatic heterocycles. The molecule has 0 aliphatic carbocycles. The first kappa shape index (κ1) is 16.3. The van der Waals surface area contributed by atoms with Crippen LogP contribution in [0.25, 0.3) is 0 Å². The summed E-state index contributed by atoms with van der Waals surface area (Å²) in [6.07, 6.45) is -0.290. The first-order valence-corrected chi connectivity index (χ1v) is 7.37. The molecular formula is C16H22N2O4. The number of hydrogen-bond acceptors (Lipinski definition) is 4. The van der Waals surface area contributed by atoms with Gasteiger partial charge >= 0.3 is 0 Å². The van der Waals surface area contributed by atoms with E-state index in [4.69, 9.17) is 9.47 Å². The van der Waals surface area contributed by atoms with Crippen LogP contribution in [0.5, 0.6) is 5.75 Å². The predicted octanol–water partition coefficient (Wildman–Crippen LogP) is 1.26. The minimum atomic E-state index is -0.535. The van der Waals surface area contributed by atoms with E-state index in [9.17, 15) is 9.59 Å². The minimum absolute atomic E-state index is 0.0989. The normalized spacial score (nSPS) is 17.0. The van der Waals surface area contributed by atoms with Gasteiger partial charge in [0, 0.05) is 26.6 Å². The molecule has 1 heterocycles. The third-order valence-corrected chi connectivity index (χ3v) is 3.51. The van der Waals surface area contributed by atoms with Crippen molar-refractivity contribution in [3.05, 3.63) is 23.8 Å². The van der Waals surface area contributed by atoms with Crippen LogP contribution in [-0.4, -0.2) is 44.7 Å². The predicted molar refractivity (Wildman–Crippen MR) is 83.1 cm³/mol. The van der Waals surface area contributed by atoms with E-state index in [1.807, 2.05) is 25.1 Å². The summed E-state index contributed by atoms with van der Waals surface area (Å²) in [5.41, 5.74) is 1.77. The highest BCUT2D eigenvalue weighted by molar-refractivity contribution is 6.00. The highest BCUT2D eigenvalue weighted by Gasteiger charge is 2.31. The Morgan fingerprint density at radius 2 is 2.23 bits per heavy atom. The van der Waals surface area contributed by atoms with E-state index in [0.717, 1.165) is 11.3 Å². The largest absolute Gasteiger partial charge is 0.479 e. The highest BCUT2D eigenvalue weighted by atomic mass is 16.5. The zero-order valence-electron chi connectivity index (χ0n) is 13.2. The summed E-state index contributed by atoms with van der Waals surface area (Å²) in [6.45, 7) is 4.96. The number of aryl methyl sites for hydroxylation is 1. The zero-order valence-corrected chi connectivity index (χ0v) is 13.2. The van der Waals surface area contributed by atoms with Gasteiger partial charge in [-0.3, -0.25) is 9.59 Å². The van der Waals surface area contributed by atoms with E-state index in [1.54, 1.807) is 18.9 Å². The number of benzene rings is 1. The third-order valence-electron chi connectivity index (χ3n) is 3.51. The molecule has 0 unspecified atom stereocenters. The summed E-state index contributed by atoms with van der Waals surface area (Å²) in [5, 5.41) is 2.75. The number of rotatable bonds is 6. The van der Waals surface area contributed by atoms with Crippen molar-refractivity contribution in [2.75, 3.05) is 31.7 Å². The van der Waals surface area contributed by atoms with E-state index in [1.165, 1.54) is 0 Å². The fourth-order valence-electron chi connectivity index (χ4n) is 2.34. The van der Waals surface area contributed by atoms with Crippen LogP contribution in [0.1, 0.15) is 18.9 Å². The topological polar surface area (TPSA) is 67.9 Å². The second-order valence-corrected chi connectivity index (χ2v) is 5.31. The number of methoxy groups -OCH3 is 1. The number of carbonyl (C=O) groups is 2. The van der Waals surface area contributed by atoms with Gasteiger partial charge in [-0.15, -0.1) is 0 Å². The summed E-state index contributed by atoms with van der Waals surface area (Å²) >= 11 is 0. The number of hydrogen-bond donors (Lipinski definition) is 1. The maximum Gasteiger partial charge on any atom is 0.267 e. The van der Waals surface area contributed by atoms with E-state index in [-0.39, 0.29) is 18.2 Å². The van der Waals surface area contributed by atoms with Gasteiger partial charge in [0.05, 0.1) is 12.3 Å². The molecule has 1 aliphatic rings. The molecule has 2 rings (SSSR count). The van der Waals surface area contributed by atoms with Crippen LogP contribution in [0.3, 0.4) is 0 Å². The van der Waals surface area contributed by atoms with Crippen LogP contribution in [-0.2, 0) is 14.3 Å². The van der Waals surface area contributed by atoms with Crippen molar-refractivity contribution in [2.45, 2.75) is 26.4 Å². The Balaban J connectivity index is 2.04. The van der Waals surface area contributed by atoms with Crippen LogP contribution in [0.4, 0.5) is 5.69 Å². The molecule has 1 atom stereocenters. The van der Waals surface area contributed by atoms with Crippen molar-refractivity contribution < 1.29 is 19.1 Å². The maximum absolute atomic E-state index is 12.3. The Morgan fingerprint density at radius 1 is 1.45 bits per heavy atom. The lowest BCUT2D eigenvalue weighted by atomic mass is 10.1. The summed E-state index contributed by atoms with van der Waals surface area (Å²) < 4.78 is 10.5. The Morgan fingerprint density at radius 3 is 2.95 bits per heavy atom. The molecule has 0 fully saturated rings. The average molecular weight is 306 g/mol. The Bertz CT molecular complexity index is 559. The van der Waals surface area contributed by atoms with E-state index in [2.05, 4.69) is 5.32 Å². The molecule has 0 aromatic heterocycles. The van der Waals surface area contributed by atoms with Gasteiger partial charge in [0.2, 0.25) is 5.91 Å². The number of carbonyl (C=O) groups excluding carboxylic acids is 2. The Labute approximate surface area is 130 Å². The molecule has 2 amide bonds. The first-order chi connectivity index (χ1) is 10.5. The van der Waals surface area contributed by atoms with Crippen molar-refractivity contribution >= 4 is 17.5 Å². The first-order valence-electron chi connectivity index (χ1n) is 7.37. The molecular weight excluding hydrogens is 284 g/mol. The summed E-state index contributed by atoms with van der Waals surface area (Å²) in [5.74, 6) is 0.457. The number of amides is 2. The van der Waals surface area contributed by atoms with Crippen molar-refractivity contribution in [1.29, 1.82) is 0 Å². The van der Waals surface area contributed by atoms with Gasteiger partial charge in [0.15, 0.2) is 6.10 Å². The van der Waals surface area contributed by atoms with Crippen LogP contribution in [0.2, 0.25) is 0 Å². The summed E-state index contributed by atoms with van der Waals surface area (Å²) in [4.78, 5) is 25.7. The van der Waals surface area contributed by atoms with Crippen LogP contribution in [0, 0.1) is 6.92 Å². The number of nitrogens with zero attached hydrogens (tertiary/aromatic N) is 1. The molecule has 6 nitrogen and oxygen atoms in total. The molecule has 0 saturated carbocycles. The van der Waals surface area contributed by atoms with Gasteiger partial charge in [0.25, 0.3) is 5.91 Å². The minimum Gasteiger partial charge on any atom is -0.479 e. The van der Waals surface area contributed by atoms with Crippen molar-refractivity contribution in [2.24, 2.45) is 0 Å². The van der Waals surface area contributed by atoms with Gasteiger partial charge in [-0.2, -0.15) is 0 Å². The standard InChI is InChI=1S/C16H22N2O4/c1-11-4-5-14-13(10-11)18(16(20)12(2)22-14)8-6-15(19)17-7-9-21-3/h4-5,10,12H,6-9H2,1-3H3,(H,17,19)/t12-/m0/s1. The molecule has 0 radical (unpaired) electrons. The Kier molecular flexibility index (Phi) is 5.38. The smallest absolute Gasteiger partial charge is 0.267 e. The summed E-state index contributed by atoms with van der Waals surface area (Å²) in [6, 6.07) is 5.71. The zero-order chi connectivity index (χ0) is 16.1. The van der Waals surface area contributed by atoms with Crippen molar-refractivity contribution in [3.63, 3.8) is 0 Å². The maximum atomic E-state index is 12.3.